The van der Waals surface area contributed by atoms with Crippen molar-refractivity contribution >= 4 is 11.6 Å². The maximum absolute atomic E-state index is 12.6. The van der Waals surface area contributed by atoms with E-state index >= 15 is 0 Å². The number of anilines is 1. The lowest BCUT2D eigenvalue weighted by atomic mass is 10.1. The third-order valence-corrected chi connectivity index (χ3v) is 3.28. The summed E-state index contributed by atoms with van der Waals surface area (Å²) in [7, 11) is 0. The Labute approximate surface area is 118 Å². The molecule has 1 heterocycles. The van der Waals surface area contributed by atoms with Crippen molar-refractivity contribution in [1.29, 1.82) is 0 Å². The molecule has 0 saturated heterocycles. The number of aromatic nitrogens is 2. The second-order valence-electron chi connectivity index (χ2n) is 5.18. The van der Waals surface area contributed by atoms with Gasteiger partial charge in [-0.1, -0.05) is 12.1 Å². The summed E-state index contributed by atoms with van der Waals surface area (Å²) in [5.41, 5.74) is 8.87. The van der Waals surface area contributed by atoms with Crippen LogP contribution in [-0.4, -0.2) is 27.0 Å². The van der Waals surface area contributed by atoms with Crippen LogP contribution in [0.4, 0.5) is 5.69 Å². The third kappa shape index (κ3) is 2.99. The smallest absolute Gasteiger partial charge is 0.257 e. The normalized spacial score (nSPS) is 10.8. The Hall–Kier alpha value is -2.30. The highest BCUT2D eigenvalue weighted by molar-refractivity contribution is 5.95. The van der Waals surface area contributed by atoms with Crippen LogP contribution in [0.2, 0.25) is 0 Å². The summed E-state index contributed by atoms with van der Waals surface area (Å²) in [6.07, 6.45) is 1.58. The van der Waals surface area contributed by atoms with E-state index < -0.39 is 0 Å². The minimum absolute atomic E-state index is 0.0110. The molecule has 0 unspecified atom stereocenters. The topological polar surface area (TPSA) is 75.0 Å². The van der Waals surface area contributed by atoms with Gasteiger partial charge in [0.1, 0.15) is 0 Å². The van der Waals surface area contributed by atoms with E-state index in [4.69, 9.17) is 5.73 Å². The summed E-state index contributed by atoms with van der Waals surface area (Å²) in [5, 5.41) is 6.71. The Kier molecular flexibility index (Phi) is 4.08. The van der Waals surface area contributed by atoms with Gasteiger partial charge in [-0.3, -0.25) is 9.89 Å². The van der Waals surface area contributed by atoms with Gasteiger partial charge in [0.2, 0.25) is 0 Å². The van der Waals surface area contributed by atoms with Crippen LogP contribution in [0.15, 0.2) is 30.5 Å². The lowest BCUT2D eigenvalue weighted by Crippen LogP contribution is -2.36. The van der Waals surface area contributed by atoms with Gasteiger partial charge >= 0.3 is 0 Å². The highest BCUT2D eigenvalue weighted by Gasteiger charge is 2.21. The fourth-order valence-electron chi connectivity index (χ4n) is 2.03. The monoisotopic (exact) mass is 272 g/mol. The molecular weight excluding hydrogens is 252 g/mol. The van der Waals surface area contributed by atoms with Crippen LogP contribution in [0.5, 0.6) is 0 Å². The second kappa shape index (κ2) is 5.77. The van der Waals surface area contributed by atoms with Gasteiger partial charge in [-0.15, -0.1) is 0 Å². The molecule has 0 fully saturated rings. The summed E-state index contributed by atoms with van der Waals surface area (Å²) < 4.78 is 0. The Morgan fingerprint density at radius 2 is 2.00 bits per heavy atom. The fourth-order valence-corrected chi connectivity index (χ4v) is 2.03. The number of carbonyl (C=O) groups is 1. The van der Waals surface area contributed by atoms with Crippen LogP contribution in [0.1, 0.15) is 35.5 Å². The first-order valence-corrected chi connectivity index (χ1v) is 6.64. The van der Waals surface area contributed by atoms with E-state index in [9.17, 15) is 4.79 Å². The number of rotatable bonds is 4. The van der Waals surface area contributed by atoms with Gasteiger partial charge in [0.25, 0.3) is 5.91 Å². The van der Waals surface area contributed by atoms with Crippen molar-refractivity contribution in [3.8, 4) is 0 Å². The average molecular weight is 272 g/mol. The van der Waals surface area contributed by atoms with E-state index in [0.717, 1.165) is 16.9 Å². The van der Waals surface area contributed by atoms with E-state index in [-0.39, 0.29) is 11.9 Å². The Balaban J connectivity index is 2.21. The number of nitrogens with one attached hydrogen (secondary N) is 1. The van der Waals surface area contributed by atoms with Crippen molar-refractivity contribution < 1.29 is 4.79 Å². The predicted octanol–water partition coefficient (Wildman–Crippen LogP) is 2.35. The van der Waals surface area contributed by atoms with E-state index in [1.807, 2.05) is 49.9 Å². The summed E-state index contributed by atoms with van der Waals surface area (Å²) in [6.45, 7) is 6.42. The molecule has 1 aromatic carbocycles. The van der Waals surface area contributed by atoms with Crippen molar-refractivity contribution in [3.63, 3.8) is 0 Å². The number of carbonyl (C=O) groups excluding carboxylic acids is 1. The molecular formula is C15H20N4O. The molecule has 2 aromatic rings. The molecule has 0 aliphatic rings. The molecule has 0 saturated carbocycles. The zero-order chi connectivity index (χ0) is 14.7. The lowest BCUT2D eigenvalue weighted by molar-refractivity contribution is 0.0689. The van der Waals surface area contributed by atoms with Gasteiger partial charge < -0.3 is 10.6 Å². The molecule has 0 atom stereocenters. The summed E-state index contributed by atoms with van der Waals surface area (Å²) in [4.78, 5) is 14.4. The van der Waals surface area contributed by atoms with Crippen LogP contribution >= 0.6 is 0 Å². The molecule has 1 amide bonds. The zero-order valence-electron chi connectivity index (χ0n) is 12.1. The van der Waals surface area contributed by atoms with Crippen LogP contribution in [0, 0.1) is 6.92 Å². The maximum atomic E-state index is 12.6. The van der Waals surface area contributed by atoms with Crippen LogP contribution < -0.4 is 5.73 Å². The Morgan fingerprint density at radius 1 is 1.35 bits per heavy atom. The van der Waals surface area contributed by atoms with E-state index in [1.54, 1.807) is 6.20 Å². The molecule has 3 N–H and O–H groups in total. The molecule has 5 heteroatoms. The van der Waals surface area contributed by atoms with Gasteiger partial charge in [-0.2, -0.15) is 5.10 Å². The average Bonchev–Trinajstić information content (AvgIpc) is 2.83. The van der Waals surface area contributed by atoms with Gasteiger partial charge in [0.15, 0.2) is 0 Å². The molecule has 106 valence electrons. The van der Waals surface area contributed by atoms with Gasteiger partial charge in [0, 0.05) is 24.0 Å². The molecule has 1 aromatic heterocycles. The SMILES string of the molecule is Cc1[nH]ncc1C(=O)N(Cc1ccc(N)cc1)C(C)C. The lowest BCUT2D eigenvalue weighted by Gasteiger charge is -2.26. The Bertz CT molecular complexity index is 586. The molecule has 0 radical (unpaired) electrons. The fraction of sp³-hybridized carbons (Fsp3) is 0.333. The standard InChI is InChI=1S/C15H20N4O/c1-10(2)19(9-12-4-6-13(16)7-5-12)15(20)14-8-17-18-11(14)3/h4-8,10H,9,16H2,1-3H3,(H,17,18). The maximum Gasteiger partial charge on any atom is 0.257 e. The highest BCUT2D eigenvalue weighted by atomic mass is 16.2. The molecule has 0 aliphatic heterocycles. The second-order valence-corrected chi connectivity index (χ2v) is 5.18. The predicted molar refractivity (Wildman–Crippen MR) is 79.2 cm³/mol. The number of benzene rings is 1. The molecule has 20 heavy (non-hydrogen) atoms. The summed E-state index contributed by atoms with van der Waals surface area (Å²) in [6, 6.07) is 7.69. The largest absolute Gasteiger partial charge is 0.399 e. The quantitative estimate of drug-likeness (QED) is 0.839. The Morgan fingerprint density at radius 3 is 2.50 bits per heavy atom. The summed E-state index contributed by atoms with van der Waals surface area (Å²) in [5.74, 6) is -0.0110. The number of nitrogens with zero attached hydrogens (tertiary/aromatic N) is 2. The van der Waals surface area contributed by atoms with E-state index in [0.29, 0.717) is 12.1 Å². The number of amides is 1. The van der Waals surface area contributed by atoms with Crippen LogP contribution in [-0.2, 0) is 6.54 Å². The van der Waals surface area contributed by atoms with E-state index in [2.05, 4.69) is 10.2 Å². The van der Waals surface area contributed by atoms with Crippen molar-refractivity contribution in [1.82, 2.24) is 15.1 Å². The molecule has 0 spiro atoms. The van der Waals surface area contributed by atoms with Crippen molar-refractivity contribution in [2.45, 2.75) is 33.4 Å². The van der Waals surface area contributed by atoms with Crippen molar-refractivity contribution in [3.05, 3.63) is 47.3 Å². The number of hydrogen-bond donors (Lipinski definition) is 2. The first-order chi connectivity index (χ1) is 9.49. The highest BCUT2D eigenvalue weighted by Crippen LogP contribution is 2.15. The van der Waals surface area contributed by atoms with E-state index in [1.165, 1.54) is 0 Å². The zero-order valence-corrected chi connectivity index (χ0v) is 12.1. The van der Waals surface area contributed by atoms with Crippen molar-refractivity contribution in [2.24, 2.45) is 0 Å². The van der Waals surface area contributed by atoms with Crippen LogP contribution in [0.3, 0.4) is 0 Å². The first kappa shape index (κ1) is 14.1. The van der Waals surface area contributed by atoms with Gasteiger partial charge in [-0.25, -0.2) is 0 Å². The number of aryl methyl sites for hydroxylation is 1. The molecule has 0 aliphatic carbocycles. The minimum Gasteiger partial charge on any atom is -0.399 e. The van der Waals surface area contributed by atoms with Gasteiger partial charge in [0.05, 0.1) is 11.8 Å². The molecule has 5 nitrogen and oxygen atoms in total. The number of aromatic amines is 1. The van der Waals surface area contributed by atoms with Gasteiger partial charge in [-0.05, 0) is 38.5 Å². The first-order valence-electron chi connectivity index (χ1n) is 6.64. The van der Waals surface area contributed by atoms with Crippen LogP contribution in [0.25, 0.3) is 0 Å². The van der Waals surface area contributed by atoms with Crippen molar-refractivity contribution in [2.75, 3.05) is 5.73 Å². The molecule has 2 rings (SSSR count). The molecule has 0 bridgehead atoms. The minimum atomic E-state index is -0.0110. The number of H-pyrrole nitrogens is 1. The summed E-state index contributed by atoms with van der Waals surface area (Å²) >= 11 is 0. The number of nitrogen functional groups attached to an aromatic ring is 1. The number of nitrogens with two attached hydrogens (primary N) is 1. The third-order valence-electron chi connectivity index (χ3n) is 3.28. The number of hydrogen-bond acceptors (Lipinski definition) is 3.